The largest absolute Gasteiger partial charge is 0.353 e. The van der Waals surface area contributed by atoms with Gasteiger partial charge in [-0.15, -0.1) is 0 Å². The van der Waals surface area contributed by atoms with Crippen LogP contribution in [0.1, 0.15) is 35.1 Å². The molecule has 0 spiro atoms. The average molecular weight is 343 g/mol. The summed E-state index contributed by atoms with van der Waals surface area (Å²) in [6.45, 7) is 4.06. The summed E-state index contributed by atoms with van der Waals surface area (Å²) in [6, 6.07) is 11.0. The van der Waals surface area contributed by atoms with Gasteiger partial charge in [-0.05, 0) is 50.2 Å². The van der Waals surface area contributed by atoms with Gasteiger partial charge in [0.05, 0.1) is 0 Å². The quantitative estimate of drug-likeness (QED) is 0.811. The van der Waals surface area contributed by atoms with Crippen molar-refractivity contribution in [3.63, 3.8) is 0 Å². The minimum Gasteiger partial charge on any atom is -0.353 e. The molecule has 132 valence electrons. The van der Waals surface area contributed by atoms with Crippen molar-refractivity contribution < 1.29 is 14.0 Å². The molecule has 0 radical (unpaired) electrons. The molecule has 2 rings (SSSR count). The Morgan fingerprint density at radius 1 is 1.16 bits per heavy atom. The first-order valence-electron chi connectivity index (χ1n) is 8.19. The lowest BCUT2D eigenvalue weighted by Crippen LogP contribution is -2.36. The topological polar surface area (TPSA) is 71.1 Å². The van der Waals surface area contributed by atoms with E-state index in [0.717, 1.165) is 11.4 Å². The Hall–Kier alpha value is -2.76. The lowest BCUT2D eigenvalue weighted by molar-refractivity contribution is -0.121. The molecule has 1 heterocycles. The molecule has 6 heteroatoms. The van der Waals surface area contributed by atoms with Crippen molar-refractivity contribution in [2.75, 3.05) is 6.54 Å². The number of carbonyl (C=O) groups is 2. The number of nitrogens with zero attached hydrogens (tertiary/aromatic N) is 1. The summed E-state index contributed by atoms with van der Waals surface area (Å²) < 4.78 is 12.8. The third-order valence-electron chi connectivity index (χ3n) is 3.61. The summed E-state index contributed by atoms with van der Waals surface area (Å²) in [5.41, 5.74) is 2.23. The maximum atomic E-state index is 12.8. The molecule has 25 heavy (non-hydrogen) atoms. The van der Waals surface area contributed by atoms with Gasteiger partial charge in [-0.25, -0.2) is 4.39 Å². The molecule has 0 fully saturated rings. The summed E-state index contributed by atoms with van der Waals surface area (Å²) >= 11 is 0. The van der Waals surface area contributed by atoms with E-state index in [0.29, 0.717) is 12.0 Å². The van der Waals surface area contributed by atoms with Crippen molar-refractivity contribution in [3.05, 3.63) is 65.2 Å². The van der Waals surface area contributed by atoms with Crippen LogP contribution in [-0.2, 0) is 11.2 Å². The number of aryl methyl sites for hydroxylation is 1. The van der Waals surface area contributed by atoms with Crippen molar-refractivity contribution in [1.29, 1.82) is 0 Å². The number of benzene rings is 1. The number of pyridine rings is 1. The number of nitrogens with one attached hydrogen (secondary N) is 2. The Bertz CT molecular complexity index is 732. The highest BCUT2D eigenvalue weighted by molar-refractivity contribution is 5.94. The van der Waals surface area contributed by atoms with Gasteiger partial charge in [0, 0.05) is 42.4 Å². The molecule has 5 nitrogen and oxygen atoms in total. The molecule has 2 aromatic rings. The first-order chi connectivity index (χ1) is 11.9. The van der Waals surface area contributed by atoms with Crippen LogP contribution in [0, 0.1) is 12.7 Å². The van der Waals surface area contributed by atoms with Crippen molar-refractivity contribution >= 4 is 11.8 Å². The molecule has 0 saturated heterocycles. The number of amides is 2. The van der Waals surface area contributed by atoms with Crippen molar-refractivity contribution in [1.82, 2.24) is 15.6 Å². The fraction of sp³-hybridized carbons (Fsp3) is 0.316. The van der Waals surface area contributed by atoms with E-state index >= 15 is 0 Å². The Morgan fingerprint density at radius 2 is 1.88 bits per heavy atom. The zero-order chi connectivity index (χ0) is 18.2. The number of aromatic nitrogens is 1. The van der Waals surface area contributed by atoms with Gasteiger partial charge < -0.3 is 10.6 Å². The smallest absolute Gasteiger partial charge is 0.251 e. The third-order valence-corrected chi connectivity index (χ3v) is 3.61. The molecule has 1 unspecified atom stereocenters. The second-order valence-electron chi connectivity index (χ2n) is 5.96. The molecule has 0 aliphatic carbocycles. The number of halogens is 1. The number of hydrogen-bond acceptors (Lipinski definition) is 3. The van der Waals surface area contributed by atoms with Crippen LogP contribution in [0.3, 0.4) is 0 Å². The van der Waals surface area contributed by atoms with E-state index < -0.39 is 5.82 Å². The van der Waals surface area contributed by atoms with Crippen LogP contribution in [0.5, 0.6) is 0 Å². The predicted octanol–water partition coefficient (Wildman–Crippen LogP) is 2.40. The summed E-state index contributed by atoms with van der Waals surface area (Å²) in [6.07, 6.45) is 0.827. The molecule has 1 aromatic heterocycles. The zero-order valence-electron chi connectivity index (χ0n) is 14.4. The van der Waals surface area contributed by atoms with E-state index in [1.165, 1.54) is 24.3 Å². The predicted molar refractivity (Wildman–Crippen MR) is 93.6 cm³/mol. The van der Waals surface area contributed by atoms with Gasteiger partial charge in [0.2, 0.25) is 5.91 Å². The number of hydrogen-bond donors (Lipinski definition) is 2. The molecule has 0 saturated carbocycles. The maximum Gasteiger partial charge on any atom is 0.251 e. The van der Waals surface area contributed by atoms with Gasteiger partial charge >= 0.3 is 0 Å². The second kappa shape index (κ2) is 8.92. The van der Waals surface area contributed by atoms with Crippen LogP contribution in [0.15, 0.2) is 42.5 Å². The van der Waals surface area contributed by atoms with Crippen LogP contribution >= 0.6 is 0 Å². The fourth-order valence-electron chi connectivity index (χ4n) is 2.42. The monoisotopic (exact) mass is 343 g/mol. The van der Waals surface area contributed by atoms with Crippen LogP contribution < -0.4 is 10.6 Å². The first kappa shape index (κ1) is 18.6. The molecule has 0 aliphatic rings. The standard InChI is InChI=1S/C19H22FN3O2/c1-13-4-3-5-17(22-13)12-14(2)23-18(24)10-11-21-19(25)15-6-8-16(20)9-7-15/h3-9,14H,10-12H2,1-2H3,(H,21,25)(H,23,24). The van der Waals surface area contributed by atoms with E-state index in [-0.39, 0.29) is 30.8 Å². The Labute approximate surface area is 146 Å². The normalized spacial score (nSPS) is 11.6. The van der Waals surface area contributed by atoms with Gasteiger partial charge in [0.25, 0.3) is 5.91 Å². The fourth-order valence-corrected chi connectivity index (χ4v) is 2.42. The third kappa shape index (κ3) is 6.33. The van der Waals surface area contributed by atoms with Gasteiger partial charge in [0.15, 0.2) is 0 Å². The van der Waals surface area contributed by atoms with Gasteiger partial charge in [-0.1, -0.05) is 6.07 Å². The maximum absolute atomic E-state index is 12.8. The highest BCUT2D eigenvalue weighted by Crippen LogP contribution is 2.03. The molecule has 2 amide bonds. The Balaban J connectivity index is 1.71. The summed E-state index contributed by atoms with van der Waals surface area (Å²) in [4.78, 5) is 28.2. The van der Waals surface area contributed by atoms with E-state index in [4.69, 9.17) is 0 Å². The minimum absolute atomic E-state index is 0.0467. The Morgan fingerprint density at radius 3 is 2.56 bits per heavy atom. The highest BCUT2D eigenvalue weighted by atomic mass is 19.1. The Kier molecular flexibility index (Phi) is 6.62. The van der Waals surface area contributed by atoms with Crippen molar-refractivity contribution in [2.24, 2.45) is 0 Å². The summed E-state index contributed by atoms with van der Waals surface area (Å²) in [5, 5.41) is 5.53. The van der Waals surface area contributed by atoms with Crippen LogP contribution in [0.2, 0.25) is 0 Å². The van der Waals surface area contributed by atoms with Gasteiger partial charge in [-0.3, -0.25) is 14.6 Å². The average Bonchev–Trinajstić information content (AvgIpc) is 2.55. The molecular weight excluding hydrogens is 321 g/mol. The first-order valence-corrected chi connectivity index (χ1v) is 8.19. The van der Waals surface area contributed by atoms with E-state index in [2.05, 4.69) is 15.6 Å². The lowest BCUT2D eigenvalue weighted by atomic mass is 10.1. The van der Waals surface area contributed by atoms with E-state index in [9.17, 15) is 14.0 Å². The van der Waals surface area contributed by atoms with Crippen LogP contribution in [0.25, 0.3) is 0 Å². The number of rotatable bonds is 7. The van der Waals surface area contributed by atoms with E-state index in [1.54, 1.807) is 0 Å². The highest BCUT2D eigenvalue weighted by Gasteiger charge is 2.10. The molecule has 0 aliphatic heterocycles. The molecule has 0 bridgehead atoms. The van der Waals surface area contributed by atoms with Crippen LogP contribution in [0.4, 0.5) is 4.39 Å². The molecule has 1 aromatic carbocycles. The molecule has 2 N–H and O–H groups in total. The molecule has 1 atom stereocenters. The van der Waals surface area contributed by atoms with Gasteiger partial charge in [-0.2, -0.15) is 0 Å². The van der Waals surface area contributed by atoms with Crippen molar-refractivity contribution in [2.45, 2.75) is 32.7 Å². The number of carbonyl (C=O) groups excluding carboxylic acids is 2. The molecular formula is C19H22FN3O2. The SMILES string of the molecule is Cc1cccc(CC(C)NC(=O)CCNC(=O)c2ccc(F)cc2)n1. The second-order valence-corrected chi connectivity index (χ2v) is 5.96. The summed E-state index contributed by atoms with van der Waals surface area (Å²) in [7, 11) is 0. The van der Waals surface area contributed by atoms with Crippen molar-refractivity contribution in [3.8, 4) is 0 Å². The van der Waals surface area contributed by atoms with Gasteiger partial charge in [0.1, 0.15) is 5.82 Å². The minimum atomic E-state index is -0.395. The van der Waals surface area contributed by atoms with Crippen LogP contribution in [-0.4, -0.2) is 29.4 Å². The summed E-state index contributed by atoms with van der Waals surface area (Å²) in [5.74, 6) is -0.864. The zero-order valence-corrected chi connectivity index (χ0v) is 14.4. The lowest BCUT2D eigenvalue weighted by Gasteiger charge is -2.14. The van der Waals surface area contributed by atoms with E-state index in [1.807, 2.05) is 32.0 Å².